The molecule has 1 fully saturated rings. The van der Waals surface area contributed by atoms with Crippen LogP contribution in [0, 0.1) is 0 Å². The molecular formula is C21H23NO5S. The van der Waals surface area contributed by atoms with Crippen LogP contribution in [0.3, 0.4) is 0 Å². The zero-order valence-corrected chi connectivity index (χ0v) is 16.5. The predicted octanol–water partition coefficient (Wildman–Crippen LogP) is 3.00. The van der Waals surface area contributed by atoms with Gasteiger partial charge in [-0.25, -0.2) is 8.42 Å². The Kier molecular flexibility index (Phi) is 5.23. The molecule has 2 aliphatic rings. The lowest BCUT2D eigenvalue weighted by Crippen LogP contribution is -2.19. The van der Waals surface area contributed by atoms with Crippen LogP contribution in [-0.2, 0) is 21.2 Å². The molecule has 7 heteroatoms. The summed E-state index contributed by atoms with van der Waals surface area (Å²) in [7, 11) is -3.11. The van der Waals surface area contributed by atoms with Gasteiger partial charge in [0.1, 0.15) is 23.4 Å². The molecular weight excluding hydrogens is 378 g/mol. The van der Waals surface area contributed by atoms with Gasteiger partial charge in [0.2, 0.25) is 0 Å². The van der Waals surface area contributed by atoms with Crippen molar-refractivity contribution >= 4 is 21.5 Å². The smallest absolute Gasteiger partial charge is 0.163 e. The monoisotopic (exact) mass is 401 g/mol. The Bertz CT molecular complexity index is 1020. The first-order valence-electron chi connectivity index (χ1n) is 9.32. The molecule has 0 bridgehead atoms. The number of rotatable bonds is 6. The van der Waals surface area contributed by atoms with E-state index in [9.17, 15) is 13.5 Å². The van der Waals surface area contributed by atoms with Crippen molar-refractivity contribution in [2.24, 2.45) is 0 Å². The van der Waals surface area contributed by atoms with Crippen LogP contribution in [0.15, 0.2) is 52.1 Å². The van der Waals surface area contributed by atoms with Crippen molar-refractivity contribution < 1.29 is 22.7 Å². The highest BCUT2D eigenvalue weighted by Gasteiger charge is 2.45. The lowest BCUT2D eigenvalue weighted by atomic mass is 9.96. The first-order chi connectivity index (χ1) is 13.5. The molecule has 2 atom stereocenters. The van der Waals surface area contributed by atoms with Crippen molar-refractivity contribution in [2.45, 2.75) is 37.7 Å². The third-order valence-corrected chi connectivity index (χ3v) is 7.40. The summed E-state index contributed by atoms with van der Waals surface area (Å²) in [5.41, 5.74) is 3.68. The van der Waals surface area contributed by atoms with Crippen molar-refractivity contribution in [2.75, 3.05) is 12.4 Å². The van der Waals surface area contributed by atoms with Gasteiger partial charge in [-0.3, -0.25) is 4.98 Å². The highest BCUT2D eigenvalue weighted by molar-refractivity contribution is 7.92. The van der Waals surface area contributed by atoms with Gasteiger partial charge < -0.3 is 14.3 Å². The molecule has 0 radical (unpaired) electrons. The van der Waals surface area contributed by atoms with Crippen LogP contribution in [0.5, 0.6) is 0 Å². The van der Waals surface area contributed by atoms with Crippen LogP contribution in [0.4, 0.5) is 0 Å². The molecule has 28 heavy (non-hydrogen) atoms. The van der Waals surface area contributed by atoms with Crippen LogP contribution in [-0.4, -0.2) is 42.2 Å². The maximum atomic E-state index is 12.3. The molecule has 0 aliphatic carbocycles. The maximum absolute atomic E-state index is 12.3. The molecule has 0 amide bonds. The number of aliphatic hydroxyl groups excluding tert-OH is 1. The summed E-state index contributed by atoms with van der Waals surface area (Å²) in [6, 6.07) is 9.28. The van der Waals surface area contributed by atoms with Gasteiger partial charge in [0.25, 0.3) is 0 Å². The molecule has 4 heterocycles. The van der Waals surface area contributed by atoms with Gasteiger partial charge >= 0.3 is 0 Å². The molecule has 148 valence electrons. The van der Waals surface area contributed by atoms with Crippen molar-refractivity contribution in [3.8, 4) is 0 Å². The first kappa shape index (κ1) is 19.1. The Hall–Kier alpha value is -2.22. The normalized spacial score (nSPS) is 24.0. The average molecular weight is 401 g/mol. The number of sulfone groups is 1. The largest absolute Gasteiger partial charge is 0.459 e. The van der Waals surface area contributed by atoms with Crippen LogP contribution >= 0.6 is 0 Å². The molecule has 2 aromatic heterocycles. The quantitative estimate of drug-likeness (QED) is 0.749. The van der Waals surface area contributed by atoms with Crippen LogP contribution < -0.4 is 0 Å². The molecule has 6 nitrogen and oxygen atoms in total. The summed E-state index contributed by atoms with van der Waals surface area (Å²) in [6.45, 7) is 2.00. The molecule has 2 aliphatic heterocycles. The summed E-state index contributed by atoms with van der Waals surface area (Å²) in [6.07, 6.45) is 4.82. The lowest BCUT2D eigenvalue weighted by molar-refractivity contribution is 0.118. The van der Waals surface area contributed by atoms with Crippen molar-refractivity contribution in [3.63, 3.8) is 0 Å². The second-order valence-corrected chi connectivity index (χ2v) is 9.42. The number of aromatic nitrogens is 1. The number of allylic oxidation sites excluding steroid dienone is 1. The van der Waals surface area contributed by atoms with Crippen LogP contribution in [0.1, 0.15) is 37.0 Å². The Morgan fingerprint density at radius 3 is 2.89 bits per heavy atom. The highest BCUT2D eigenvalue weighted by atomic mass is 32.2. The molecule has 1 N–H and O–H groups in total. The number of nitrogens with zero attached hydrogens (tertiary/aromatic N) is 1. The van der Waals surface area contributed by atoms with E-state index in [1.54, 1.807) is 12.3 Å². The zero-order valence-electron chi connectivity index (χ0n) is 15.7. The van der Waals surface area contributed by atoms with E-state index in [-0.39, 0.29) is 25.1 Å². The van der Waals surface area contributed by atoms with Gasteiger partial charge in [-0.2, -0.15) is 0 Å². The number of ether oxygens (including phenoxy) is 1. The molecule has 0 unspecified atom stereocenters. The zero-order chi connectivity index (χ0) is 19.7. The minimum atomic E-state index is -3.11. The average Bonchev–Trinajstić information content (AvgIpc) is 3.37. The van der Waals surface area contributed by atoms with Crippen molar-refractivity contribution in [1.29, 1.82) is 0 Å². The van der Waals surface area contributed by atoms with E-state index in [0.717, 1.165) is 22.4 Å². The SMILES string of the molecule is CC1=C2[C@@H](CC/C(=C/c3ccc(CO)o3)c3ccccn3)OC[C@@H]2S(=O)(=O)C1. The Morgan fingerprint density at radius 1 is 1.32 bits per heavy atom. The fraction of sp³-hybridized carbons (Fsp3) is 0.381. The minimum absolute atomic E-state index is 0.145. The minimum Gasteiger partial charge on any atom is -0.459 e. The lowest BCUT2D eigenvalue weighted by Gasteiger charge is -2.14. The number of furan rings is 1. The van der Waals surface area contributed by atoms with E-state index in [2.05, 4.69) is 4.98 Å². The Labute approximate surface area is 164 Å². The fourth-order valence-electron chi connectivity index (χ4n) is 4.00. The first-order valence-corrected chi connectivity index (χ1v) is 11.0. The maximum Gasteiger partial charge on any atom is 0.163 e. The summed E-state index contributed by atoms with van der Waals surface area (Å²) in [4.78, 5) is 4.44. The molecule has 2 aromatic rings. The molecule has 4 rings (SSSR count). The van der Waals surface area contributed by atoms with Gasteiger partial charge in [-0.15, -0.1) is 0 Å². The van der Waals surface area contributed by atoms with Crippen LogP contribution in [0.25, 0.3) is 11.6 Å². The summed E-state index contributed by atoms with van der Waals surface area (Å²) < 4.78 is 35.9. The van der Waals surface area contributed by atoms with Crippen molar-refractivity contribution in [1.82, 2.24) is 4.98 Å². The van der Waals surface area contributed by atoms with E-state index < -0.39 is 15.1 Å². The summed E-state index contributed by atoms with van der Waals surface area (Å²) in [5.74, 6) is 1.30. The number of fused-ring (bicyclic) bond motifs is 1. The number of pyridine rings is 1. The predicted molar refractivity (Wildman–Crippen MR) is 106 cm³/mol. The third-order valence-electron chi connectivity index (χ3n) is 5.31. The van der Waals surface area contributed by atoms with Crippen molar-refractivity contribution in [3.05, 3.63) is 64.9 Å². The second-order valence-electron chi connectivity index (χ2n) is 7.24. The van der Waals surface area contributed by atoms with Crippen LogP contribution in [0.2, 0.25) is 0 Å². The van der Waals surface area contributed by atoms with Gasteiger partial charge in [-0.1, -0.05) is 11.6 Å². The molecule has 0 saturated carbocycles. The number of hydrogen-bond acceptors (Lipinski definition) is 6. The van der Waals surface area contributed by atoms with Gasteiger partial charge in [-0.05, 0) is 61.3 Å². The standard InChI is InChI=1S/C21H23NO5S/c1-14-13-28(24,25)20-12-26-19(21(14)20)8-5-15(18-4-2-3-9-22-18)10-16-6-7-17(11-23)27-16/h2-4,6-7,9-10,19-20,23H,5,8,11-13H2,1H3/b15-10-/t19-,20+/m1/s1. The van der Waals surface area contributed by atoms with E-state index >= 15 is 0 Å². The van der Waals surface area contributed by atoms with E-state index in [0.29, 0.717) is 24.4 Å². The molecule has 0 spiro atoms. The number of aliphatic hydroxyl groups is 1. The summed E-state index contributed by atoms with van der Waals surface area (Å²) in [5, 5.41) is 8.73. The van der Waals surface area contributed by atoms with E-state index in [1.165, 1.54) is 0 Å². The fourth-order valence-corrected chi connectivity index (χ4v) is 6.00. The van der Waals surface area contributed by atoms with E-state index in [1.807, 2.05) is 37.3 Å². The summed E-state index contributed by atoms with van der Waals surface area (Å²) >= 11 is 0. The highest BCUT2D eigenvalue weighted by Crippen LogP contribution is 2.38. The van der Waals surface area contributed by atoms with Gasteiger partial charge in [0.05, 0.1) is 24.2 Å². The second kappa shape index (κ2) is 7.66. The molecule has 0 aromatic carbocycles. The van der Waals surface area contributed by atoms with Gasteiger partial charge in [0.15, 0.2) is 9.84 Å². The Morgan fingerprint density at radius 2 is 2.18 bits per heavy atom. The van der Waals surface area contributed by atoms with E-state index in [4.69, 9.17) is 9.15 Å². The third kappa shape index (κ3) is 3.70. The molecule has 1 saturated heterocycles. The van der Waals surface area contributed by atoms with Gasteiger partial charge in [0, 0.05) is 6.20 Å². The number of hydrogen-bond donors (Lipinski definition) is 1. The topological polar surface area (TPSA) is 89.6 Å². The Balaban J connectivity index is 1.56.